The monoisotopic (exact) mass is 248 g/mol. The van der Waals surface area contributed by atoms with E-state index in [4.69, 9.17) is 5.26 Å². The zero-order chi connectivity index (χ0) is 12.8. The summed E-state index contributed by atoms with van der Waals surface area (Å²) in [6.07, 6.45) is 3.71. The van der Waals surface area contributed by atoms with Gasteiger partial charge in [0.25, 0.3) is 0 Å². The predicted octanol–water partition coefficient (Wildman–Crippen LogP) is 0.376. The van der Waals surface area contributed by atoms with Crippen molar-refractivity contribution in [1.82, 2.24) is 25.0 Å². The van der Waals surface area contributed by atoms with Crippen molar-refractivity contribution in [2.45, 2.75) is 38.9 Å². The lowest BCUT2D eigenvalue weighted by molar-refractivity contribution is 0.210. The second kappa shape index (κ2) is 6.47. The first-order valence-corrected chi connectivity index (χ1v) is 6.55. The highest BCUT2D eigenvalue weighted by Crippen LogP contribution is 2.09. The summed E-state index contributed by atoms with van der Waals surface area (Å²) < 4.78 is 2.09. The maximum atomic E-state index is 9.05. The molecule has 0 aliphatic carbocycles. The molecule has 0 saturated carbocycles. The van der Waals surface area contributed by atoms with Crippen LogP contribution in [0.25, 0.3) is 0 Å². The summed E-state index contributed by atoms with van der Waals surface area (Å²) in [7, 11) is 0. The van der Waals surface area contributed by atoms with Gasteiger partial charge in [0.2, 0.25) is 0 Å². The van der Waals surface area contributed by atoms with E-state index in [0.717, 1.165) is 51.4 Å². The Morgan fingerprint density at radius 1 is 1.56 bits per heavy atom. The van der Waals surface area contributed by atoms with Crippen LogP contribution in [0.2, 0.25) is 0 Å². The second-order valence-electron chi connectivity index (χ2n) is 4.64. The number of hydrogen-bond donors (Lipinski definition) is 1. The largest absolute Gasteiger partial charge is 0.315 e. The van der Waals surface area contributed by atoms with Gasteiger partial charge in [-0.15, -0.1) is 10.2 Å². The van der Waals surface area contributed by atoms with Crippen LogP contribution >= 0.6 is 0 Å². The molecular formula is C12H20N6. The Morgan fingerprint density at radius 3 is 3.22 bits per heavy atom. The molecule has 0 saturated heterocycles. The van der Waals surface area contributed by atoms with Crippen molar-refractivity contribution < 1.29 is 0 Å². The standard InChI is InChI=1S/C12H20N6/c1-2-4-14-11(8-13)3-5-17-6-7-18-10-15-16-12(18)9-17/h10-11,14H,2-7,9H2,1H3. The van der Waals surface area contributed by atoms with Crippen molar-refractivity contribution >= 4 is 0 Å². The van der Waals surface area contributed by atoms with E-state index in [2.05, 4.69) is 38.0 Å². The number of aromatic nitrogens is 3. The quantitative estimate of drug-likeness (QED) is 0.788. The third-order valence-electron chi connectivity index (χ3n) is 3.25. The zero-order valence-electron chi connectivity index (χ0n) is 10.8. The van der Waals surface area contributed by atoms with Gasteiger partial charge in [-0.05, 0) is 19.4 Å². The van der Waals surface area contributed by atoms with Crippen LogP contribution in [0.1, 0.15) is 25.6 Å². The Kier molecular flexibility index (Phi) is 4.67. The number of nitrogens with zero attached hydrogens (tertiary/aromatic N) is 5. The molecule has 0 spiro atoms. The fraction of sp³-hybridized carbons (Fsp3) is 0.750. The number of rotatable bonds is 6. The normalized spacial score (nSPS) is 17.1. The molecule has 6 heteroatoms. The fourth-order valence-electron chi connectivity index (χ4n) is 2.15. The summed E-state index contributed by atoms with van der Waals surface area (Å²) in [5, 5.41) is 20.3. The lowest BCUT2D eigenvalue weighted by atomic mass is 10.2. The van der Waals surface area contributed by atoms with Crippen LogP contribution in [0.3, 0.4) is 0 Å². The molecule has 1 atom stereocenters. The summed E-state index contributed by atoms with van der Waals surface area (Å²) in [6.45, 7) is 6.75. The van der Waals surface area contributed by atoms with Gasteiger partial charge < -0.3 is 9.88 Å². The molecule has 0 fully saturated rings. The third-order valence-corrected chi connectivity index (χ3v) is 3.25. The van der Waals surface area contributed by atoms with Gasteiger partial charge >= 0.3 is 0 Å². The average Bonchev–Trinajstić information content (AvgIpc) is 2.86. The molecule has 0 aromatic carbocycles. The Balaban J connectivity index is 1.76. The van der Waals surface area contributed by atoms with Crippen LogP contribution in [0.15, 0.2) is 6.33 Å². The van der Waals surface area contributed by atoms with E-state index in [1.807, 2.05) is 0 Å². The van der Waals surface area contributed by atoms with E-state index in [1.54, 1.807) is 6.33 Å². The van der Waals surface area contributed by atoms with Gasteiger partial charge in [-0.2, -0.15) is 5.26 Å². The van der Waals surface area contributed by atoms with Crippen LogP contribution < -0.4 is 5.32 Å². The summed E-state index contributed by atoms with van der Waals surface area (Å²) in [5.74, 6) is 1.02. The van der Waals surface area contributed by atoms with Crippen LogP contribution in [0, 0.1) is 11.3 Å². The maximum Gasteiger partial charge on any atom is 0.147 e. The first kappa shape index (κ1) is 13.0. The van der Waals surface area contributed by atoms with Crippen molar-refractivity contribution in [3.63, 3.8) is 0 Å². The van der Waals surface area contributed by atoms with Gasteiger partial charge in [0, 0.05) is 19.6 Å². The molecule has 1 aliphatic heterocycles. The highest BCUT2D eigenvalue weighted by molar-refractivity contribution is 4.93. The molecule has 2 rings (SSSR count). The molecule has 18 heavy (non-hydrogen) atoms. The lowest BCUT2D eigenvalue weighted by Gasteiger charge is -2.27. The third kappa shape index (κ3) is 3.28. The van der Waals surface area contributed by atoms with Crippen molar-refractivity contribution in [2.24, 2.45) is 0 Å². The smallest absolute Gasteiger partial charge is 0.147 e. The van der Waals surface area contributed by atoms with Crippen molar-refractivity contribution in [3.8, 4) is 6.07 Å². The average molecular weight is 248 g/mol. The topological polar surface area (TPSA) is 69.8 Å². The number of nitrogens with one attached hydrogen (secondary N) is 1. The van der Waals surface area contributed by atoms with Crippen molar-refractivity contribution in [1.29, 1.82) is 5.26 Å². The predicted molar refractivity (Wildman–Crippen MR) is 67.6 cm³/mol. The molecule has 2 heterocycles. The summed E-state index contributed by atoms with van der Waals surface area (Å²) in [5.41, 5.74) is 0. The van der Waals surface area contributed by atoms with Gasteiger partial charge in [-0.3, -0.25) is 4.90 Å². The van der Waals surface area contributed by atoms with Crippen LogP contribution in [-0.2, 0) is 13.1 Å². The Hall–Kier alpha value is -1.45. The molecule has 1 aliphatic rings. The van der Waals surface area contributed by atoms with Gasteiger partial charge in [-0.1, -0.05) is 6.92 Å². The molecular weight excluding hydrogens is 228 g/mol. The molecule has 6 nitrogen and oxygen atoms in total. The van der Waals surface area contributed by atoms with E-state index in [9.17, 15) is 0 Å². The van der Waals surface area contributed by atoms with Gasteiger partial charge in [0.1, 0.15) is 12.2 Å². The van der Waals surface area contributed by atoms with Crippen LogP contribution in [0.4, 0.5) is 0 Å². The van der Waals surface area contributed by atoms with Crippen LogP contribution in [-0.4, -0.2) is 45.3 Å². The molecule has 1 unspecified atom stereocenters. The molecule has 1 aromatic heterocycles. The van der Waals surface area contributed by atoms with Crippen LogP contribution in [0.5, 0.6) is 0 Å². The van der Waals surface area contributed by atoms with E-state index in [-0.39, 0.29) is 6.04 Å². The van der Waals surface area contributed by atoms with Gasteiger partial charge in [0.05, 0.1) is 18.7 Å². The van der Waals surface area contributed by atoms with E-state index >= 15 is 0 Å². The van der Waals surface area contributed by atoms with E-state index in [1.165, 1.54) is 0 Å². The Labute approximate surface area is 108 Å². The maximum absolute atomic E-state index is 9.05. The second-order valence-corrected chi connectivity index (χ2v) is 4.64. The number of hydrogen-bond acceptors (Lipinski definition) is 5. The van der Waals surface area contributed by atoms with Crippen molar-refractivity contribution in [2.75, 3.05) is 19.6 Å². The number of nitriles is 1. The molecule has 1 N–H and O–H groups in total. The highest BCUT2D eigenvalue weighted by atomic mass is 15.3. The molecule has 0 radical (unpaired) electrons. The minimum Gasteiger partial charge on any atom is -0.315 e. The first-order valence-electron chi connectivity index (χ1n) is 6.55. The zero-order valence-corrected chi connectivity index (χ0v) is 10.8. The molecule has 98 valence electrons. The first-order chi connectivity index (χ1) is 8.83. The molecule has 1 aromatic rings. The lowest BCUT2D eigenvalue weighted by Crippen LogP contribution is -2.38. The summed E-state index contributed by atoms with van der Waals surface area (Å²) in [6, 6.07) is 2.28. The Morgan fingerprint density at radius 2 is 2.44 bits per heavy atom. The summed E-state index contributed by atoms with van der Waals surface area (Å²) >= 11 is 0. The molecule has 0 amide bonds. The highest BCUT2D eigenvalue weighted by Gasteiger charge is 2.18. The van der Waals surface area contributed by atoms with Gasteiger partial charge in [0.15, 0.2) is 0 Å². The minimum atomic E-state index is -0.0373. The van der Waals surface area contributed by atoms with E-state index < -0.39 is 0 Å². The van der Waals surface area contributed by atoms with Crippen molar-refractivity contribution in [3.05, 3.63) is 12.2 Å². The SMILES string of the molecule is CCCNC(C#N)CCN1CCn2cnnc2C1. The summed E-state index contributed by atoms with van der Waals surface area (Å²) in [4.78, 5) is 2.34. The fourth-order valence-corrected chi connectivity index (χ4v) is 2.15. The molecule has 0 bridgehead atoms. The van der Waals surface area contributed by atoms with Gasteiger partial charge in [-0.25, -0.2) is 0 Å². The number of fused-ring (bicyclic) bond motifs is 1. The Bertz CT molecular complexity index is 407. The van der Waals surface area contributed by atoms with E-state index in [0.29, 0.717) is 0 Å². The minimum absolute atomic E-state index is 0.0373.